The van der Waals surface area contributed by atoms with E-state index in [9.17, 15) is 15.3 Å². The molecular formula is C17H14N2O3. The average Bonchev–Trinajstić information content (AvgIpc) is 2.52. The van der Waals surface area contributed by atoms with Crippen molar-refractivity contribution < 1.29 is 15.3 Å². The molecular weight excluding hydrogens is 280 g/mol. The lowest BCUT2D eigenvalue weighted by molar-refractivity contribution is 0.461. The van der Waals surface area contributed by atoms with Gasteiger partial charge < -0.3 is 15.3 Å². The van der Waals surface area contributed by atoms with Crippen molar-refractivity contribution >= 4 is 21.5 Å². The van der Waals surface area contributed by atoms with Gasteiger partial charge in [0.25, 0.3) is 0 Å². The molecule has 1 heterocycles. The van der Waals surface area contributed by atoms with Gasteiger partial charge in [0, 0.05) is 16.8 Å². The number of hydrogen-bond acceptors (Lipinski definition) is 5. The number of hydrogen-bond donors (Lipinski definition) is 3. The molecule has 0 aromatic heterocycles. The lowest BCUT2D eigenvalue weighted by atomic mass is 9.99. The molecule has 1 atom stereocenters. The van der Waals surface area contributed by atoms with Gasteiger partial charge in [-0.3, -0.25) is 9.98 Å². The molecule has 0 amide bonds. The zero-order valence-electron chi connectivity index (χ0n) is 11.9. The number of rotatable bonds is 0. The van der Waals surface area contributed by atoms with Crippen molar-refractivity contribution in [3.63, 3.8) is 0 Å². The molecule has 0 radical (unpaired) electrons. The highest BCUT2D eigenvalue weighted by atomic mass is 16.3. The van der Waals surface area contributed by atoms with Gasteiger partial charge >= 0.3 is 0 Å². The number of phenols is 3. The molecule has 1 unspecified atom stereocenters. The summed E-state index contributed by atoms with van der Waals surface area (Å²) < 4.78 is 0. The predicted octanol–water partition coefficient (Wildman–Crippen LogP) is 1.75. The molecule has 3 aromatic carbocycles. The first-order valence-electron chi connectivity index (χ1n) is 7.08. The monoisotopic (exact) mass is 294 g/mol. The van der Waals surface area contributed by atoms with Crippen LogP contribution in [-0.4, -0.2) is 27.9 Å². The van der Waals surface area contributed by atoms with Crippen LogP contribution in [0.1, 0.15) is 6.92 Å². The number of fused-ring (bicyclic) bond motifs is 4. The molecule has 0 bridgehead atoms. The van der Waals surface area contributed by atoms with Crippen LogP contribution >= 0.6 is 0 Å². The average molecular weight is 294 g/mol. The molecule has 1 aliphatic rings. The fourth-order valence-electron chi connectivity index (χ4n) is 3.02. The van der Waals surface area contributed by atoms with E-state index in [1.807, 2.05) is 6.92 Å². The molecule has 3 aromatic rings. The third-order valence-corrected chi connectivity index (χ3v) is 4.05. The van der Waals surface area contributed by atoms with Gasteiger partial charge in [0.15, 0.2) is 0 Å². The quantitative estimate of drug-likeness (QED) is 0.436. The molecule has 1 aliphatic heterocycles. The molecule has 110 valence electrons. The Morgan fingerprint density at radius 2 is 1.64 bits per heavy atom. The van der Waals surface area contributed by atoms with E-state index >= 15 is 0 Å². The maximum Gasteiger partial charge on any atom is 0.135 e. The van der Waals surface area contributed by atoms with Gasteiger partial charge in [-0.15, -0.1) is 0 Å². The number of benzene rings is 3. The molecule has 0 fully saturated rings. The SMILES string of the molecule is CC1CN=c2cc(O)c3c(O)c4ccccc4c(O)c3c2=N1. The maximum absolute atomic E-state index is 10.7. The van der Waals surface area contributed by atoms with E-state index in [4.69, 9.17) is 0 Å². The van der Waals surface area contributed by atoms with Crippen LogP contribution in [0.15, 0.2) is 40.3 Å². The van der Waals surface area contributed by atoms with Gasteiger partial charge in [0.2, 0.25) is 0 Å². The summed E-state index contributed by atoms with van der Waals surface area (Å²) in [6.45, 7) is 2.47. The Labute approximate surface area is 125 Å². The first-order valence-corrected chi connectivity index (χ1v) is 7.08. The summed E-state index contributed by atoms with van der Waals surface area (Å²) in [5.74, 6) is -0.165. The summed E-state index contributed by atoms with van der Waals surface area (Å²) in [4.78, 5) is 8.94. The molecule has 0 spiro atoms. The van der Waals surface area contributed by atoms with Crippen LogP contribution in [0.4, 0.5) is 0 Å². The van der Waals surface area contributed by atoms with Gasteiger partial charge in [0.05, 0.1) is 34.1 Å². The van der Waals surface area contributed by atoms with Crippen molar-refractivity contribution in [2.45, 2.75) is 13.0 Å². The van der Waals surface area contributed by atoms with Crippen LogP contribution in [0.2, 0.25) is 0 Å². The van der Waals surface area contributed by atoms with Crippen molar-refractivity contribution in [1.82, 2.24) is 0 Å². The van der Waals surface area contributed by atoms with Crippen LogP contribution in [-0.2, 0) is 0 Å². The van der Waals surface area contributed by atoms with Crippen molar-refractivity contribution in [2.24, 2.45) is 9.98 Å². The topological polar surface area (TPSA) is 85.4 Å². The number of phenolic OH excluding ortho intramolecular Hbond substituents is 3. The molecule has 0 saturated carbocycles. The minimum absolute atomic E-state index is 0.00333. The van der Waals surface area contributed by atoms with Crippen molar-refractivity contribution in [3.05, 3.63) is 41.0 Å². The van der Waals surface area contributed by atoms with Gasteiger partial charge in [-0.1, -0.05) is 24.3 Å². The zero-order chi connectivity index (χ0) is 15.4. The summed E-state index contributed by atoms with van der Waals surface area (Å²) in [7, 11) is 0. The van der Waals surface area contributed by atoms with E-state index in [1.54, 1.807) is 24.3 Å². The van der Waals surface area contributed by atoms with E-state index in [0.29, 0.717) is 33.4 Å². The van der Waals surface area contributed by atoms with E-state index < -0.39 is 0 Å². The zero-order valence-corrected chi connectivity index (χ0v) is 11.9. The van der Waals surface area contributed by atoms with Gasteiger partial charge in [-0.2, -0.15) is 0 Å². The van der Waals surface area contributed by atoms with Gasteiger partial charge in [-0.25, -0.2) is 0 Å². The minimum atomic E-state index is -0.110. The maximum atomic E-state index is 10.7. The highest BCUT2D eigenvalue weighted by Gasteiger charge is 2.19. The molecule has 5 nitrogen and oxygen atoms in total. The third kappa shape index (κ3) is 1.59. The molecule has 0 saturated heterocycles. The second-order valence-electron chi connectivity index (χ2n) is 5.58. The molecule has 0 aliphatic carbocycles. The second kappa shape index (κ2) is 4.34. The summed E-state index contributed by atoms with van der Waals surface area (Å²) in [5.41, 5.74) is 0. The van der Waals surface area contributed by atoms with Crippen molar-refractivity contribution in [2.75, 3.05) is 6.54 Å². The van der Waals surface area contributed by atoms with Crippen LogP contribution in [0.25, 0.3) is 21.5 Å². The van der Waals surface area contributed by atoms with E-state index in [0.717, 1.165) is 0 Å². The molecule has 22 heavy (non-hydrogen) atoms. The Hall–Kier alpha value is -2.82. The Morgan fingerprint density at radius 1 is 1.00 bits per heavy atom. The van der Waals surface area contributed by atoms with Crippen LogP contribution in [0.5, 0.6) is 17.2 Å². The van der Waals surface area contributed by atoms with Gasteiger partial charge in [0.1, 0.15) is 17.2 Å². The fraction of sp³-hybridized carbons (Fsp3) is 0.176. The summed E-state index contributed by atoms with van der Waals surface area (Å²) in [6, 6.07) is 8.46. The minimum Gasteiger partial charge on any atom is -0.507 e. The fourth-order valence-corrected chi connectivity index (χ4v) is 3.02. The third-order valence-electron chi connectivity index (χ3n) is 4.05. The Balaban J connectivity index is 2.39. The normalized spacial score (nSPS) is 17.0. The standard InChI is InChI=1S/C17H14N2O3/c1-8-7-18-11-6-12(20)13-14(15(11)19-8)17(22)10-5-3-2-4-9(10)16(13)21/h2-6,8,20-22H,7H2,1H3. The van der Waals surface area contributed by atoms with Crippen molar-refractivity contribution in [3.8, 4) is 17.2 Å². The van der Waals surface area contributed by atoms with E-state index in [1.165, 1.54) is 6.07 Å². The number of nitrogens with zero attached hydrogens (tertiary/aromatic N) is 2. The smallest absolute Gasteiger partial charge is 0.135 e. The summed E-state index contributed by atoms with van der Waals surface area (Å²) in [5, 5.41) is 34.1. The summed E-state index contributed by atoms with van der Waals surface area (Å²) >= 11 is 0. The highest BCUT2D eigenvalue weighted by Crippen LogP contribution is 2.42. The highest BCUT2D eigenvalue weighted by molar-refractivity contribution is 6.12. The Morgan fingerprint density at radius 3 is 2.32 bits per heavy atom. The van der Waals surface area contributed by atoms with E-state index in [2.05, 4.69) is 9.98 Å². The van der Waals surface area contributed by atoms with Crippen LogP contribution in [0.3, 0.4) is 0 Å². The number of aromatic hydroxyl groups is 3. The lowest BCUT2D eigenvalue weighted by Crippen LogP contribution is -2.33. The molecule has 5 heteroatoms. The Bertz CT molecular complexity index is 1060. The molecule has 4 rings (SSSR count). The largest absolute Gasteiger partial charge is 0.507 e. The first-order chi connectivity index (χ1) is 10.6. The van der Waals surface area contributed by atoms with Crippen molar-refractivity contribution in [1.29, 1.82) is 0 Å². The molecule has 3 N–H and O–H groups in total. The van der Waals surface area contributed by atoms with E-state index in [-0.39, 0.29) is 28.7 Å². The van der Waals surface area contributed by atoms with Crippen LogP contribution < -0.4 is 10.7 Å². The second-order valence-corrected chi connectivity index (χ2v) is 5.58. The van der Waals surface area contributed by atoms with Gasteiger partial charge in [-0.05, 0) is 6.92 Å². The van der Waals surface area contributed by atoms with Crippen LogP contribution in [0, 0.1) is 0 Å². The summed E-state index contributed by atoms with van der Waals surface area (Å²) in [6.07, 6.45) is 0. The first kappa shape index (κ1) is 12.9. The Kier molecular flexibility index (Phi) is 2.54. The lowest BCUT2D eigenvalue weighted by Gasteiger charge is -2.14. The predicted molar refractivity (Wildman–Crippen MR) is 83.1 cm³/mol.